The highest BCUT2D eigenvalue weighted by Crippen LogP contribution is 2.02. The van der Waals surface area contributed by atoms with E-state index in [4.69, 9.17) is 5.73 Å². The van der Waals surface area contributed by atoms with Gasteiger partial charge in [-0.3, -0.25) is 19.5 Å². The van der Waals surface area contributed by atoms with Crippen LogP contribution in [0.4, 0.5) is 0 Å². The zero-order valence-electron chi connectivity index (χ0n) is 12.0. The molecule has 1 saturated heterocycles. The van der Waals surface area contributed by atoms with E-state index in [9.17, 15) is 9.59 Å². The van der Waals surface area contributed by atoms with Gasteiger partial charge in [-0.2, -0.15) is 0 Å². The molecule has 1 aliphatic heterocycles. The summed E-state index contributed by atoms with van der Waals surface area (Å²) >= 11 is 0. The minimum absolute atomic E-state index is 0.334. The number of hydrogen-bond acceptors (Lipinski definition) is 5. The Balaban J connectivity index is 1.76. The first-order chi connectivity index (χ1) is 10.2. The predicted molar refractivity (Wildman–Crippen MR) is 78.2 cm³/mol. The van der Waals surface area contributed by atoms with Crippen LogP contribution in [0.2, 0.25) is 0 Å². The Hall–Kier alpha value is -1.99. The average Bonchev–Trinajstić information content (AvgIpc) is 2.54. The van der Waals surface area contributed by atoms with E-state index >= 15 is 0 Å². The number of carbonyl (C=O) groups excluding carboxylic acids is 2. The van der Waals surface area contributed by atoms with E-state index in [0.717, 1.165) is 25.2 Å². The lowest BCUT2D eigenvalue weighted by Gasteiger charge is -2.34. The molecule has 0 radical (unpaired) electrons. The smallest absolute Gasteiger partial charge is 0.311 e. The molecule has 114 valence electrons. The Morgan fingerprint density at radius 1 is 1.19 bits per heavy atom. The van der Waals surface area contributed by atoms with Gasteiger partial charge >= 0.3 is 11.8 Å². The molecule has 2 heterocycles. The van der Waals surface area contributed by atoms with E-state index < -0.39 is 11.8 Å². The van der Waals surface area contributed by atoms with Crippen molar-refractivity contribution in [3.05, 3.63) is 30.1 Å². The van der Waals surface area contributed by atoms with Crippen molar-refractivity contribution in [3.8, 4) is 0 Å². The lowest BCUT2D eigenvalue weighted by Crippen LogP contribution is -2.53. The highest BCUT2D eigenvalue weighted by Gasteiger charge is 2.25. The van der Waals surface area contributed by atoms with Crippen LogP contribution in [0.25, 0.3) is 0 Å². The number of hydrogen-bond donors (Lipinski definition) is 2. The van der Waals surface area contributed by atoms with Crippen molar-refractivity contribution >= 4 is 11.8 Å². The zero-order valence-corrected chi connectivity index (χ0v) is 12.0. The Kier molecular flexibility index (Phi) is 5.65. The van der Waals surface area contributed by atoms with Crippen molar-refractivity contribution in [1.82, 2.24) is 20.1 Å². The first kappa shape index (κ1) is 15.4. The van der Waals surface area contributed by atoms with Crippen LogP contribution in [0.5, 0.6) is 0 Å². The second-order valence-corrected chi connectivity index (χ2v) is 4.96. The van der Waals surface area contributed by atoms with E-state index in [0.29, 0.717) is 26.2 Å². The van der Waals surface area contributed by atoms with Gasteiger partial charge in [0.25, 0.3) is 0 Å². The molecule has 2 rings (SSSR count). The lowest BCUT2D eigenvalue weighted by molar-refractivity contribution is -0.147. The van der Waals surface area contributed by atoms with Gasteiger partial charge in [-0.15, -0.1) is 0 Å². The van der Waals surface area contributed by atoms with Crippen LogP contribution in [-0.4, -0.2) is 65.9 Å². The molecule has 0 spiro atoms. The van der Waals surface area contributed by atoms with Crippen LogP contribution in [0.15, 0.2) is 24.5 Å². The number of rotatable bonds is 4. The molecule has 2 amide bonds. The maximum absolute atomic E-state index is 12.0. The molecule has 0 bridgehead atoms. The molecule has 1 fully saturated rings. The first-order valence-corrected chi connectivity index (χ1v) is 7.09. The molecule has 7 nitrogen and oxygen atoms in total. The summed E-state index contributed by atoms with van der Waals surface area (Å²) in [5, 5.41) is 2.64. The molecular weight excluding hydrogens is 270 g/mol. The van der Waals surface area contributed by atoms with E-state index in [1.165, 1.54) is 0 Å². The highest BCUT2D eigenvalue weighted by atomic mass is 16.2. The largest absolute Gasteiger partial charge is 0.344 e. The predicted octanol–water partition coefficient (Wildman–Crippen LogP) is -1.20. The number of nitrogens with zero attached hydrogens (tertiary/aromatic N) is 3. The number of aromatic nitrogens is 1. The van der Waals surface area contributed by atoms with Crippen LogP contribution < -0.4 is 11.1 Å². The standard InChI is InChI=1S/C14H21N5O2/c15-3-6-18-7-9-19(10-8-18)14(21)13(20)17-11-12-1-4-16-5-2-12/h1-2,4-5H,3,6-11,15H2,(H,17,20). The molecule has 3 N–H and O–H groups in total. The first-order valence-electron chi connectivity index (χ1n) is 7.09. The summed E-state index contributed by atoms with van der Waals surface area (Å²) < 4.78 is 0. The molecule has 21 heavy (non-hydrogen) atoms. The molecule has 7 heteroatoms. The quantitative estimate of drug-likeness (QED) is 0.680. The van der Waals surface area contributed by atoms with Crippen molar-refractivity contribution < 1.29 is 9.59 Å². The lowest BCUT2D eigenvalue weighted by atomic mass is 10.2. The van der Waals surface area contributed by atoms with Gasteiger partial charge in [0.05, 0.1) is 0 Å². The van der Waals surface area contributed by atoms with Crippen molar-refractivity contribution in [1.29, 1.82) is 0 Å². The molecule has 0 unspecified atom stereocenters. The summed E-state index contributed by atoms with van der Waals surface area (Å²) in [5.41, 5.74) is 6.42. The van der Waals surface area contributed by atoms with E-state index in [1.54, 1.807) is 29.4 Å². The molecule has 0 aliphatic carbocycles. The summed E-state index contributed by atoms with van der Waals surface area (Å²) in [6.45, 7) is 4.45. The summed E-state index contributed by atoms with van der Waals surface area (Å²) in [6.07, 6.45) is 3.31. The number of nitrogens with two attached hydrogens (primary N) is 1. The number of carbonyl (C=O) groups is 2. The van der Waals surface area contributed by atoms with Crippen LogP contribution in [0, 0.1) is 0 Å². The van der Waals surface area contributed by atoms with Crippen LogP contribution >= 0.6 is 0 Å². The maximum atomic E-state index is 12.0. The van der Waals surface area contributed by atoms with E-state index in [1.807, 2.05) is 0 Å². The molecule has 1 aromatic heterocycles. The topological polar surface area (TPSA) is 91.6 Å². The Bertz CT molecular complexity index is 472. The Morgan fingerprint density at radius 2 is 1.86 bits per heavy atom. The third kappa shape index (κ3) is 4.51. The summed E-state index contributed by atoms with van der Waals surface area (Å²) in [6, 6.07) is 3.60. The minimum atomic E-state index is -0.556. The minimum Gasteiger partial charge on any atom is -0.344 e. The third-order valence-corrected chi connectivity index (χ3v) is 3.50. The molecule has 1 aliphatic rings. The number of pyridine rings is 1. The molecule has 1 aromatic rings. The molecule has 0 atom stereocenters. The zero-order chi connectivity index (χ0) is 15.1. The van der Waals surface area contributed by atoms with Crippen molar-refractivity contribution in [3.63, 3.8) is 0 Å². The van der Waals surface area contributed by atoms with Crippen molar-refractivity contribution in [2.75, 3.05) is 39.3 Å². The Labute approximate surface area is 124 Å². The van der Waals surface area contributed by atoms with E-state index in [-0.39, 0.29) is 0 Å². The van der Waals surface area contributed by atoms with Crippen LogP contribution in [0.1, 0.15) is 5.56 Å². The Morgan fingerprint density at radius 3 is 2.48 bits per heavy atom. The van der Waals surface area contributed by atoms with Gasteiger partial charge < -0.3 is 16.0 Å². The second-order valence-electron chi connectivity index (χ2n) is 4.96. The fourth-order valence-corrected chi connectivity index (χ4v) is 2.26. The molecule has 0 saturated carbocycles. The van der Waals surface area contributed by atoms with Crippen molar-refractivity contribution in [2.45, 2.75) is 6.54 Å². The van der Waals surface area contributed by atoms with Gasteiger partial charge in [0.2, 0.25) is 0 Å². The fourth-order valence-electron chi connectivity index (χ4n) is 2.26. The maximum Gasteiger partial charge on any atom is 0.311 e. The number of nitrogens with one attached hydrogen (secondary N) is 1. The fraction of sp³-hybridized carbons (Fsp3) is 0.500. The third-order valence-electron chi connectivity index (χ3n) is 3.50. The molecule has 0 aromatic carbocycles. The summed E-state index contributed by atoms with van der Waals surface area (Å²) in [5.74, 6) is -1.02. The van der Waals surface area contributed by atoms with Gasteiger partial charge in [0.1, 0.15) is 0 Å². The number of piperazine rings is 1. The van der Waals surface area contributed by atoms with E-state index in [2.05, 4.69) is 15.2 Å². The van der Waals surface area contributed by atoms with Crippen molar-refractivity contribution in [2.24, 2.45) is 5.73 Å². The van der Waals surface area contributed by atoms with Gasteiger partial charge in [0, 0.05) is 58.2 Å². The van der Waals surface area contributed by atoms with Gasteiger partial charge in [-0.25, -0.2) is 0 Å². The second kappa shape index (κ2) is 7.70. The average molecular weight is 291 g/mol. The summed E-state index contributed by atoms with van der Waals surface area (Å²) in [7, 11) is 0. The highest BCUT2D eigenvalue weighted by molar-refractivity contribution is 6.34. The van der Waals surface area contributed by atoms with Crippen LogP contribution in [-0.2, 0) is 16.1 Å². The van der Waals surface area contributed by atoms with Crippen LogP contribution in [0.3, 0.4) is 0 Å². The normalized spacial score (nSPS) is 15.8. The SMILES string of the molecule is NCCN1CCN(C(=O)C(=O)NCc2ccncc2)CC1. The van der Waals surface area contributed by atoms with Gasteiger partial charge in [-0.1, -0.05) is 0 Å². The van der Waals surface area contributed by atoms with Gasteiger partial charge in [0.15, 0.2) is 0 Å². The molecular formula is C14H21N5O2. The monoisotopic (exact) mass is 291 g/mol. The number of amides is 2. The van der Waals surface area contributed by atoms with Gasteiger partial charge in [-0.05, 0) is 17.7 Å². The summed E-state index contributed by atoms with van der Waals surface area (Å²) in [4.78, 5) is 31.6.